The Kier molecular flexibility index (Phi) is 3.05. The van der Waals surface area contributed by atoms with Gasteiger partial charge in [0.05, 0.1) is 0 Å². The lowest BCUT2D eigenvalue weighted by atomic mass is 10.3. The molecule has 102 valence electrons. The molecule has 6 nitrogen and oxygen atoms in total. The third-order valence-electron chi connectivity index (χ3n) is 2.36. The van der Waals surface area contributed by atoms with Crippen molar-refractivity contribution in [3.63, 3.8) is 0 Å². The van der Waals surface area contributed by atoms with E-state index in [-0.39, 0.29) is 11.5 Å². The summed E-state index contributed by atoms with van der Waals surface area (Å²) in [6.45, 7) is 0. The molecule has 19 heavy (non-hydrogen) atoms. The molecule has 0 aliphatic rings. The number of carbonyl (C=O) groups is 1. The highest BCUT2D eigenvalue weighted by atomic mass is 19.4. The lowest BCUT2D eigenvalue weighted by Crippen LogP contribution is -2.16. The van der Waals surface area contributed by atoms with Crippen LogP contribution in [0.4, 0.5) is 19.0 Å². The second-order valence-corrected chi connectivity index (χ2v) is 3.86. The third kappa shape index (κ3) is 2.75. The van der Waals surface area contributed by atoms with Crippen LogP contribution in [-0.2, 0) is 20.3 Å². The van der Waals surface area contributed by atoms with E-state index in [0.717, 1.165) is 4.68 Å². The van der Waals surface area contributed by atoms with Crippen molar-refractivity contribution >= 4 is 11.7 Å². The van der Waals surface area contributed by atoms with Crippen molar-refractivity contribution in [2.45, 2.75) is 6.18 Å². The van der Waals surface area contributed by atoms with Gasteiger partial charge in [0.1, 0.15) is 5.69 Å². The fraction of sp³-hybridized carbons (Fsp3) is 0.300. The minimum atomic E-state index is -4.58. The standard InChI is InChI=1S/C10H10F3N5O/c1-17-4-3-8(16-17)14-9(19)6-5-7(10(11,12)13)15-18(6)2/h3-5H,1-2H3,(H,14,16,19). The first-order valence-electron chi connectivity index (χ1n) is 5.19. The third-order valence-corrected chi connectivity index (χ3v) is 2.36. The van der Waals surface area contributed by atoms with Crippen molar-refractivity contribution in [1.82, 2.24) is 19.6 Å². The van der Waals surface area contributed by atoms with Crippen LogP contribution in [-0.4, -0.2) is 25.5 Å². The average Bonchev–Trinajstić information content (AvgIpc) is 2.84. The Hall–Kier alpha value is -2.32. The molecule has 0 bridgehead atoms. The Bertz CT molecular complexity index is 613. The maximum absolute atomic E-state index is 12.5. The first-order chi connectivity index (χ1) is 8.77. The Labute approximate surface area is 105 Å². The molecule has 2 rings (SSSR count). The molecule has 0 unspecified atom stereocenters. The van der Waals surface area contributed by atoms with Gasteiger partial charge in [-0.1, -0.05) is 0 Å². The molecule has 2 aromatic heterocycles. The van der Waals surface area contributed by atoms with Crippen LogP contribution in [0, 0.1) is 0 Å². The van der Waals surface area contributed by atoms with Gasteiger partial charge in [0.15, 0.2) is 11.5 Å². The highest BCUT2D eigenvalue weighted by Crippen LogP contribution is 2.28. The van der Waals surface area contributed by atoms with E-state index in [1.807, 2.05) is 0 Å². The van der Waals surface area contributed by atoms with Gasteiger partial charge in [0, 0.05) is 32.4 Å². The minimum Gasteiger partial charge on any atom is -0.304 e. The van der Waals surface area contributed by atoms with Crippen LogP contribution in [0.15, 0.2) is 18.3 Å². The number of hydrogen-bond donors (Lipinski definition) is 1. The Balaban J connectivity index is 2.22. The molecule has 9 heteroatoms. The molecule has 0 spiro atoms. The SMILES string of the molecule is Cn1ccc(NC(=O)c2cc(C(F)(F)F)nn2C)n1. The fourth-order valence-electron chi connectivity index (χ4n) is 1.48. The van der Waals surface area contributed by atoms with Crippen molar-refractivity contribution in [3.05, 3.63) is 29.7 Å². The van der Waals surface area contributed by atoms with Crippen LogP contribution in [0.2, 0.25) is 0 Å². The summed E-state index contributed by atoms with van der Waals surface area (Å²) in [4.78, 5) is 11.8. The van der Waals surface area contributed by atoms with Gasteiger partial charge in [-0.25, -0.2) is 0 Å². The molecule has 2 aromatic rings. The van der Waals surface area contributed by atoms with Crippen LogP contribution in [0.3, 0.4) is 0 Å². The van der Waals surface area contributed by atoms with E-state index in [1.54, 1.807) is 13.2 Å². The molecule has 1 N–H and O–H groups in total. The van der Waals surface area contributed by atoms with E-state index in [2.05, 4.69) is 15.5 Å². The van der Waals surface area contributed by atoms with Gasteiger partial charge in [-0.2, -0.15) is 23.4 Å². The maximum atomic E-state index is 12.5. The number of halogens is 3. The second-order valence-electron chi connectivity index (χ2n) is 3.86. The number of nitrogens with zero attached hydrogens (tertiary/aromatic N) is 4. The summed E-state index contributed by atoms with van der Waals surface area (Å²) in [5.74, 6) is -0.452. The summed E-state index contributed by atoms with van der Waals surface area (Å²) in [5.41, 5.74) is -1.31. The highest BCUT2D eigenvalue weighted by molar-refractivity contribution is 6.02. The molecule has 0 aliphatic carbocycles. The van der Waals surface area contributed by atoms with Gasteiger partial charge in [-0.3, -0.25) is 14.2 Å². The predicted molar refractivity (Wildman–Crippen MR) is 59.4 cm³/mol. The summed E-state index contributed by atoms with van der Waals surface area (Å²) in [7, 11) is 2.92. The van der Waals surface area contributed by atoms with Crippen molar-refractivity contribution in [2.24, 2.45) is 14.1 Å². The number of aryl methyl sites for hydroxylation is 2. The topological polar surface area (TPSA) is 64.7 Å². The van der Waals surface area contributed by atoms with Gasteiger partial charge in [-0.15, -0.1) is 0 Å². The summed E-state index contributed by atoms with van der Waals surface area (Å²) in [6, 6.07) is 2.22. The highest BCUT2D eigenvalue weighted by Gasteiger charge is 2.35. The molecular formula is C10H10F3N5O. The van der Waals surface area contributed by atoms with Crippen LogP contribution in [0.25, 0.3) is 0 Å². The number of hydrogen-bond acceptors (Lipinski definition) is 3. The normalized spacial score (nSPS) is 11.6. The molecule has 2 heterocycles. The van der Waals surface area contributed by atoms with Crippen LogP contribution in [0.1, 0.15) is 16.2 Å². The summed E-state index contributed by atoms with van der Waals surface area (Å²) < 4.78 is 39.7. The number of rotatable bonds is 2. The molecule has 1 amide bonds. The van der Waals surface area contributed by atoms with E-state index in [4.69, 9.17) is 0 Å². The predicted octanol–water partition coefficient (Wildman–Crippen LogP) is 1.42. The van der Waals surface area contributed by atoms with Crippen molar-refractivity contribution < 1.29 is 18.0 Å². The molecule has 0 saturated heterocycles. The van der Waals surface area contributed by atoms with Gasteiger partial charge in [-0.05, 0) is 0 Å². The van der Waals surface area contributed by atoms with Crippen LogP contribution in [0.5, 0.6) is 0 Å². The summed E-state index contributed by atoms with van der Waals surface area (Å²) in [6.07, 6.45) is -2.98. The van der Waals surface area contributed by atoms with Crippen molar-refractivity contribution in [2.75, 3.05) is 5.32 Å². The fourth-order valence-corrected chi connectivity index (χ4v) is 1.48. The molecule has 0 radical (unpaired) electrons. The number of nitrogens with one attached hydrogen (secondary N) is 1. The van der Waals surface area contributed by atoms with E-state index >= 15 is 0 Å². The average molecular weight is 273 g/mol. The smallest absolute Gasteiger partial charge is 0.304 e. The number of anilines is 1. The molecule has 0 atom stereocenters. The number of amides is 1. The number of alkyl halides is 3. The summed E-state index contributed by atoms with van der Waals surface area (Å²) >= 11 is 0. The summed E-state index contributed by atoms with van der Waals surface area (Å²) in [5, 5.41) is 9.53. The number of aromatic nitrogens is 4. The Morgan fingerprint density at radius 2 is 2.00 bits per heavy atom. The molecule has 0 saturated carbocycles. The van der Waals surface area contributed by atoms with Gasteiger partial charge >= 0.3 is 6.18 Å². The first-order valence-corrected chi connectivity index (χ1v) is 5.19. The zero-order valence-corrected chi connectivity index (χ0v) is 10.1. The van der Waals surface area contributed by atoms with Gasteiger partial charge in [0.25, 0.3) is 5.91 Å². The lowest BCUT2D eigenvalue weighted by Gasteiger charge is -2.01. The molecular weight excluding hydrogens is 263 g/mol. The van der Waals surface area contributed by atoms with E-state index in [1.165, 1.54) is 17.8 Å². The van der Waals surface area contributed by atoms with E-state index in [9.17, 15) is 18.0 Å². The molecule has 0 aliphatic heterocycles. The van der Waals surface area contributed by atoms with E-state index in [0.29, 0.717) is 6.07 Å². The van der Waals surface area contributed by atoms with Gasteiger partial charge < -0.3 is 5.32 Å². The second kappa shape index (κ2) is 4.41. The Morgan fingerprint density at radius 1 is 1.32 bits per heavy atom. The van der Waals surface area contributed by atoms with Crippen LogP contribution < -0.4 is 5.32 Å². The minimum absolute atomic E-state index is 0.196. The largest absolute Gasteiger partial charge is 0.435 e. The van der Waals surface area contributed by atoms with Crippen molar-refractivity contribution in [1.29, 1.82) is 0 Å². The Morgan fingerprint density at radius 3 is 2.47 bits per heavy atom. The van der Waals surface area contributed by atoms with Gasteiger partial charge in [0.2, 0.25) is 0 Å². The molecule has 0 aromatic carbocycles. The zero-order valence-electron chi connectivity index (χ0n) is 10.1. The maximum Gasteiger partial charge on any atom is 0.435 e. The monoisotopic (exact) mass is 273 g/mol. The van der Waals surface area contributed by atoms with Crippen LogP contribution >= 0.6 is 0 Å². The zero-order chi connectivity index (χ0) is 14.2. The first kappa shape index (κ1) is 13.1. The van der Waals surface area contributed by atoms with E-state index < -0.39 is 17.8 Å². The lowest BCUT2D eigenvalue weighted by molar-refractivity contribution is -0.141. The van der Waals surface area contributed by atoms with Crippen molar-refractivity contribution in [3.8, 4) is 0 Å². The quantitative estimate of drug-likeness (QED) is 0.900. The number of carbonyl (C=O) groups excluding carboxylic acids is 1. The molecule has 0 fully saturated rings.